The van der Waals surface area contributed by atoms with Crippen molar-refractivity contribution in [3.8, 4) is 33.4 Å². The Hall–Kier alpha value is -6.18. The summed E-state index contributed by atoms with van der Waals surface area (Å²) in [4.78, 5) is 0. The quantitative estimate of drug-likeness (QED) is 0.178. The van der Waals surface area contributed by atoms with E-state index in [1.165, 1.54) is 0 Å². The van der Waals surface area contributed by atoms with E-state index in [1.807, 2.05) is 0 Å². The third kappa shape index (κ3) is 4.03. The molecule has 0 aliphatic rings. The number of para-hydroxylation sites is 1. The molecule has 10 rings (SSSR count). The largest absolute Gasteiger partial charge is 0.456 e. The zero-order valence-electron chi connectivity index (χ0n) is 51.4. The summed E-state index contributed by atoms with van der Waals surface area (Å²) in [5, 5.41) is -6.90. The van der Waals surface area contributed by atoms with Gasteiger partial charge in [0, 0.05) is 10.8 Å². The van der Waals surface area contributed by atoms with Crippen molar-refractivity contribution in [2.75, 3.05) is 0 Å². The number of benzene rings is 9. The molecule has 0 aliphatic heterocycles. The van der Waals surface area contributed by atoms with Crippen LogP contribution in [-0.2, 0) is 0 Å². The molecule has 0 N–H and O–H groups in total. The molecule has 0 fully saturated rings. The van der Waals surface area contributed by atoms with E-state index in [-0.39, 0.29) is 0 Å². The smallest absolute Gasteiger partial charge is 0.135 e. The first kappa shape index (κ1) is 10.7. The fraction of sp³-hybridized carbons (Fsp3) is 0. The van der Waals surface area contributed by atoms with Crippen LogP contribution in [0.5, 0.6) is 0 Å². The summed E-state index contributed by atoms with van der Waals surface area (Å²) in [6.07, 6.45) is 0. The molecule has 0 saturated heterocycles. The highest BCUT2D eigenvalue weighted by molar-refractivity contribution is 6.23. The molecule has 0 saturated carbocycles. The van der Waals surface area contributed by atoms with E-state index in [4.69, 9.17) is 26.3 Å². The molecule has 9 aromatic carbocycles. The van der Waals surface area contributed by atoms with Crippen molar-refractivity contribution >= 4 is 65.0 Å². The van der Waals surface area contributed by atoms with Gasteiger partial charge in [0.2, 0.25) is 0 Å². The van der Waals surface area contributed by atoms with Crippen LogP contribution in [-0.4, -0.2) is 0 Å². The number of furan rings is 1. The summed E-state index contributed by atoms with van der Waals surface area (Å²) in [7, 11) is 0. The first-order chi connectivity index (χ1) is 35.0. The first-order valence-corrected chi connectivity index (χ1v) is 13.9. The van der Waals surface area contributed by atoms with Gasteiger partial charge in [-0.1, -0.05) is 139 Å². The maximum atomic E-state index is 10.2. The van der Waals surface area contributed by atoms with Crippen molar-refractivity contribution in [1.82, 2.24) is 0 Å². The Morgan fingerprint density at radius 1 is 0.319 bits per heavy atom. The maximum Gasteiger partial charge on any atom is 0.135 e. The van der Waals surface area contributed by atoms with E-state index in [0.717, 1.165) is 0 Å². The molecule has 218 valence electrons. The van der Waals surface area contributed by atoms with Gasteiger partial charge in [-0.3, -0.25) is 0 Å². The Labute approximate surface area is 311 Å². The van der Waals surface area contributed by atoms with Gasteiger partial charge in [0.15, 0.2) is 0 Å². The zero-order chi connectivity index (χ0) is 55.3. The van der Waals surface area contributed by atoms with Crippen molar-refractivity contribution in [3.05, 3.63) is 169 Å². The van der Waals surface area contributed by atoms with Crippen LogP contribution in [0.15, 0.2) is 174 Å². The maximum absolute atomic E-state index is 10.2. The minimum absolute atomic E-state index is 0.469. The van der Waals surface area contributed by atoms with Crippen LogP contribution in [0.25, 0.3) is 98.4 Å². The molecule has 1 heteroatoms. The van der Waals surface area contributed by atoms with Gasteiger partial charge in [0.25, 0.3) is 0 Å². The standard InChI is InChI=1S/C46H28O/c1-2-12-31-26-33(21-20-29(31)10-1)46-39-17-6-5-16-38(39)45(34-23-25-44-41(28-34)37-15-7-8-19-43(37)47-44)40-24-22-32(27-42(40)46)36-18-9-13-30-11-3-4-14-35(30)36/h1-28H/i1D,2D,3D,4D,5D,6D,7D,8D,9D,10D,11D,12D,13D,14D,15D,16D,17D,18D,19D,20D,21D,22D,23D,24D,25D,26D,27D,28D. The monoisotopic (exact) mass is 624 g/mol. The average Bonchev–Trinajstić information content (AvgIpc) is 3.85. The van der Waals surface area contributed by atoms with E-state index in [9.17, 15) is 16.4 Å². The second kappa shape index (κ2) is 10.2. The lowest BCUT2D eigenvalue weighted by Gasteiger charge is -2.19. The summed E-state index contributed by atoms with van der Waals surface area (Å²) in [6.45, 7) is 0. The van der Waals surface area contributed by atoms with Gasteiger partial charge in [0.1, 0.15) is 11.2 Å². The lowest BCUT2D eigenvalue weighted by molar-refractivity contribution is 0.669. The third-order valence-electron chi connectivity index (χ3n) is 7.70. The van der Waals surface area contributed by atoms with Crippen molar-refractivity contribution in [2.24, 2.45) is 0 Å². The van der Waals surface area contributed by atoms with Crippen LogP contribution in [0, 0.1) is 0 Å². The number of rotatable bonds is 3. The predicted molar refractivity (Wildman–Crippen MR) is 200 cm³/mol. The molecule has 0 aliphatic carbocycles. The van der Waals surface area contributed by atoms with Crippen LogP contribution in [0.2, 0.25) is 0 Å². The molecule has 0 bridgehead atoms. The lowest BCUT2D eigenvalue weighted by atomic mass is 9.84. The third-order valence-corrected chi connectivity index (χ3v) is 7.70. The molecule has 1 aromatic heterocycles. The topological polar surface area (TPSA) is 13.1 Å². The zero-order valence-corrected chi connectivity index (χ0v) is 23.4. The van der Waals surface area contributed by atoms with E-state index in [1.54, 1.807) is 0 Å². The fourth-order valence-electron chi connectivity index (χ4n) is 5.68. The molecule has 0 amide bonds. The van der Waals surface area contributed by atoms with E-state index in [2.05, 4.69) is 0 Å². The normalized spacial score (nSPS) is 20.2. The van der Waals surface area contributed by atoms with Gasteiger partial charge in [-0.05, 0) is 107 Å². The molecule has 47 heavy (non-hydrogen) atoms. The van der Waals surface area contributed by atoms with Crippen molar-refractivity contribution in [2.45, 2.75) is 0 Å². The predicted octanol–water partition coefficient (Wildman–Crippen LogP) is 13.2. The second-order valence-corrected chi connectivity index (χ2v) is 10.3. The van der Waals surface area contributed by atoms with Gasteiger partial charge in [0.05, 0.1) is 38.4 Å². The molecule has 1 nitrogen and oxygen atoms in total. The molecule has 0 spiro atoms. The molecule has 0 radical (unpaired) electrons. The Bertz CT molecular complexity index is 4440. The summed E-state index contributed by atoms with van der Waals surface area (Å²) in [6, 6.07) is -26.3. The SMILES string of the molecule is [2H]c1c([2H])c([2H])c2c(oc3c([2H])c([2H])c(-c4c5c([2H])c([2H])c([2H])c([2H])c5c(-c5c([2H])c([2H])c6c([2H])c([2H])c([2H])c([2H])c6c5[2H])c5c([2H])c(-c6c([2H])c([2H])c([2H])c7c([2H])c([2H])c([2H])c([2H])c67)c([2H])c([2H])c45)c([2H])c32)c1[2H]. The first-order valence-electron chi connectivity index (χ1n) is 27.9. The summed E-state index contributed by atoms with van der Waals surface area (Å²) in [5.41, 5.74) is -6.13. The molecule has 1 heterocycles. The molecule has 10 aromatic rings. The van der Waals surface area contributed by atoms with Gasteiger partial charge in [-0.25, -0.2) is 0 Å². The minimum Gasteiger partial charge on any atom is -0.456 e. The van der Waals surface area contributed by atoms with Crippen LogP contribution >= 0.6 is 0 Å². The Balaban J connectivity index is 1.60. The van der Waals surface area contributed by atoms with Crippen LogP contribution in [0.4, 0.5) is 0 Å². The highest BCUT2D eigenvalue weighted by atomic mass is 16.3. The van der Waals surface area contributed by atoms with Gasteiger partial charge in [-0.2, -0.15) is 0 Å². The number of hydrogen-bond donors (Lipinski definition) is 0. The molecular weight excluding hydrogens is 569 g/mol. The van der Waals surface area contributed by atoms with E-state index in [0.29, 0.717) is 0 Å². The summed E-state index contributed by atoms with van der Waals surface area (Å²) < 4.78 is 260. The van der Waals surface area contributed by atoms with Gasteiger partial charge >= 0.3 is 0 Å². The molecule has 0 unspecified atom stereocenters. The second-order valence-electron chi connectivity index (χ2n) is 10.3. The average molecular weight is 625 g/mol. The number of fused-ring (bicyclic) bond motifs is 7. The van der Waals surface area contributed by atoms with Crippen LogP contribution < -0.4 is 0 Å². The van der Waals surface area contributed by atoms with E-state index < -0.39 is 268 Å². The van der Waals surface area contributed by atoms with E-state index >= 15 is 0 Å². The highest BCUT2D eigenvalue weighted by Gasteiger charge is 2.19. The van der Waals surface area contributed by atoms with Crippen molar-refractivity contribution in [1.29, 1.82) is 0 Å². The Morgan fingerprint density at radius 3 is 1.72 bits per heavy atom. The number of hydrogen-bond acceptors (Lipinski definition) is 1. The Morgan fingerprint density at radius 2 is 0.872 bits per heavy atom. The van der Waals surface area contributed by atoms with Crippen molar-refractivity contribution in [3.63, 3.8) is 0 Å². The van der Waals surface area contributed by atoms with Gasteiger partial charge < -0.3 is 4.42 Å². The molecular formula is C46H28O. The van der Waals surface area contributed by atoms with Crippen LogP contribution in [0.3, 0.4) is 0 Å². The fourth-order valence-corrected chi connectivity index (χ4v) is 5.68. The van der Waals surface area contributed by atoms with Gasteiger partial charge in [-0.15, -0.1) is 0 Å². The lowest BCUT2D eigenvalue weighted by Crippen LogP contribution is -1.92. The summed E-state index contributed by atoms with van der Waals surface area (Å²) >= 11 is 0. The Kier molecular flexibility index (Phi) is 2.31. The van der Waals surface area contributed by atoms with Crippen molar-refractivity contribution < 1.29 is 42.8 Å². The highest BCUT2D eigenvalue weighted by Crippen LogP contribution is 2.46. The summed E-state index contributed by atoms with van der Waals surface area (Å²) in [5.74, 6) is 0. The van der Waals surface area contributed by atoms with Crippen LogP contribution in [0.1, 0.15) is 38.4 Å². The minimum atomic E-state index is -1.12. The molecule has 0 atom stereocenters.